The molecule has 32 heavy (non-hydrogen) atoms. The van der Waals surface area contributed by atoms with Crippen LogP contribution < -0.4 is 15.1 Å². The molecular formula is C25H19FN2O4. The van der Waals surface area contributed by atoms with Crippen molar-refractivity contribution in [1.29, 1.82) is 0 Å². The van der Waals surface area contributed by atoms with Gasteiger partial charge >= 0.3 is 0 Å². The second-order valence-corrected chi connectivity index (χ2v) is 7.59. The van der Waals surface area contributed by atoms with Gasteiger partial charge in [0, 0.05) is 6.20 Å². The van der Waals surface area contributed by atoms with Crippen molar-refractivity contribution in [2.45, 2.75) is 19.9 Å². The number of nitrogens with zero attached hydrogens (tertiary/aromatic N) is 2. The molecule has 0 fully saturated rings. The predicted molar refractivity (Wildman–Crippen MR) is 118 cm³/mol. The zero-order valence-electron chi connectivity index (χ0n) is 17.5. The Hall–Kier alpha value is -4.00. The number of carbonyl (C=O) groups is 1. The van der Waals surface area contributed by atoms with Crippen LogP contribution in [0, 0.1) is 12.7 Å². The maximum atomic E-state index is 13.9. The van der Waals surface area contributed by atoms with Gasteiger partial charge in [0.1, 0.15) is 23.0 Å². The van der Waals surface area contributed by atoms with Crippen molar-refractivity contribution < 1.29 is 18.3 Å². The monoisotopic (exact) mass is 430 g/mol. The van der Waals surface area contributed by atoms with Gasteiger partial charge in [0.25, 0.3) is 5.91 Å². The van der Waals surface area contributed by atoms with Crippen LogP contribution in [0.2, 0.25) is 0 Å². The maximum absolute atomic E-state index is 13.9. The lowest BCUT2D eigenvalue weighted by Gasteiger charge is -2.24. The van der Waals surface area contributed by atoms with Gasteiger partial charge in [-0.25, -0.2) is 9.37 Å². The summed E-state index contributed by atoms with van der Waals surface area (Å²) in [6.07, 6.45) is 1.61. The van der Waals surface area contributed by atoms with E-state index in [-0.39, 0.29) is 22.3 Å². The number of ether oxygens (including phenoxy) is 1. The molecule has 5 rings (SSSR count). The molecule has 2 aromatic heterocycles. The zero-order chi connectivity index (χ0) is 22.4. The van der Waals surface area contributed by atoms with E-state index in [1.165, 1.54) is 17.0 Å². The Bertz CT molecular complexity index is 1430. The molecule has 0 unspecified atom stereocenters. The fourth-order valence-corrected chi connectivity index (χ4v) is 4.09. The highest BCUT2D eigenvalue weighted by Crippen LogP contribution is 2.41. The summed E-state index contributed by atoms with van der Waals surface area (Å²) < 4.78 is 25.4. The largest absolute Gasteiger partial charge is 0.494 e. The van der Waals surface area contributed by atoms with Crippen LogP contribution in [-0.2, 0) is 0 Å². The summed E-state index contributed by atoms with van der Waals surface area (Å²) >= 11 is 0. The molecule has 4 aromatic rings. The summed E-state index contributed by atoms with van der Waals surface area (Å²) in [5.74, 6) is -0.0965. The molecule has 7 heteroatoms. The summed E-state index contributed by atoms with van der Waals surface area (Å²) in [7, 11) is 0. The summed E-state index contributed by atoms with van der Waals surface area (Å²) in [6, 6.07) is 13.7. The van der Waals surface area contributed by atoms with Crippen molar-refractivity contribution in [3.63, 3.8) is 0 Å². The molecule has 0 saturated heterocycles. The highest BCUT2D eigenvalue weighted by Gasteiger charge is 2.44. The van der Waals surface area contributed by atoms with Crippen LogP contribution in [0.15, 0.2) is 70.0 Å². The average molecular weight is 430 g/mol. The summed E-state index contributed by atoms with van der Waals surface area (Å²) in [6.45, 7) is 4.24. The smallest absolute Gasteiger partial charge is 0.296 e. The van der Waals surface area contributed by atoms with E-state index in [0.29, 0.717) is 23.7 Å². The summed E-state index contributed by atoms with van der Waals surface area (Å²) in [5.41, 5.74) is 1.44. The van der Waals surface area contributed by atoms with Gasteiger partial charge in [-0.3, -0.25) is 14.5 Å². The molecule has 2 aromatic carbocycles. The first-order chi connectivity index (χ1) is 15.5. The van der Waals surface area contributed by atoms with Crippen LogP contribution in [0.4, 0.5) is 10.2 Å². The van der Waals surface area contributed by atoms with Gasteiger partial charge < -0.3 is 9.15 Å². The number of fused-ring (bicyclic) bond motifs is 2. The van der Waals surface area contributed by atoms with Gasteiger partial charge in [-0.1, -0.05) is 12.1 Å². The lowest BCUT2D eigenvalue weighted by molar-refractivity contribution is 0.0970. The number of benzene rings is 2. The second kappa shape index (κ2) is 7.60. The van der Waals surface area contributed by atoms with E-state index < -0.39 is 23.2 Å². The minimum absolute atomic E-state index is 0.0655. The van der Waals surface area contributed by atoms with E-state index in [1.54, 1.807) is 30.5 Å². The minimum atomic E-state index is -0.795. The first kappa shape index (κ1) is 19.9. The van der Waals surface area contributed by atoms with Gasteiger partial charge in [0.05, 0.1) is 23.6 Å². The lowest BCUT2D eigenvalue weighted by Crippen LogP contribution is -2.30. The van der Waals surface area contributed by atoms with Crippen molar-refractivity contribution in [2.24, 2.45) is 0 Å². The van der Waals surface area contributed by atoms with Crippen LogP contribution in [0.5, 0.6) is 5.75 Å². The molecule has 0 N–H and O–H groups in total. The van der Waals surface area contributed by atoms with Crippen LogP contribution >= 0.6 is 0 Å². The number of amides is 1. The number of halogens is 1. The van der Waals surface area contributed by atoms with E-state index >= 15 is 0 Å². The zero-order valence-corrected chi connectivity index (χ0v) is 17.5. The SMILES string of the molecule is CCOc1cccc([C@@H]2c3c(oc4ccc(F)cc4c3=O)C(=O)N2c2cc(C)ccn2)c1. The molecule has 1 aliphatic rings. The van der Waals surface area contributed by atoms with E-state index in [2.05, 4.69) is 4.98 Å². The first-order valence-electron chi connectivity index (χ1n) is 10.2. The van der Waals surface area contributed by atoms with Gasteiger partial charge in [0.15, 0.2) is 5.43 Å². The van der Waals surface area contributed by atoms with Gasteiger partial charge in [-0.05, 0) is 67.4 Å². The Morgan fingerprint density at radius 3 is 2.75 bits per heavy atom. The van der Waals surface area contributed by atoms with E-state index in [0.717, 1.165) is 11.6 Å². The number of pyridine rings is 1. The van der Waals surface area contributed by atoms with E-state index in [4.69, 9.17) is 9.15 Å². The van der Waals surface area contributed by atoms with Gasteiger partial charge in [-0.15, -0.1) is 0 Å². The fraction of sp³-hybridized carbons (Fsp3) is 0.160. The number of anilines is 1. The Morgan fingerprint density at radius 1 is 1.12 bits per heavy atom. The molecule has 1 atom stereocenters. The summed E-state index contributed by atoms with van der Waals surface area (Å²) in [4.78, 5) is 32.8. The number of aryl methyl sites for hydroxylation is 1. The molecule has 1 amide bonds. The Balaban J connectivity index is 1.80. The van der Waals surface area contributed by atoms with Crippen LogP contribution in [0.1, 0.15) is 40.2 Å². The van der Waals surface area contributed by atoms with Crippen molar-refractivity contribution in [3.8, 4) is 5.75 Å². The fourth-order valence-electron chi connectivity index (χ4n) is 4.09. The standard InChI is InChI=1S/C25H19FN2O4/c1-3-31-17-6-4-5-15(12-17)22-21-23(29)18-13-16(26)7-8-19(18)32-24(21)25(30)28(22)20-11-14(2)9-10-27-20/h4-13,22H,3H2,1-2H3/t22-/m1/s1. The maximum Gasteiger partial charge on any atom is 0.296 e. The van der Waals surface area contributed by atoms with Crippen molar-refractivity contribution >= 4 is 22.7 Å². The minimum Gasteiger partial charge on any atom is -0.494 e. The Morgan fingerprint density at radius 2 is 1.97 bits per heavy atom. The molecule has 0 radical (unpaired) electrons. The molecule has 1 aliphatic heterocycles. The number of hydrogen-bond donors (Lipinski definition) is 0. The van der Waals surface area contributed by atoms with E-state index in [1.807, 2.05) is 26.0 Å². The third-order valence-corrected chi connectivity index (χ3v) is 5.46. The number of hydrogen-bond acceptors (Lipinski definition) is 5. The molecule has 6 nitrogen and oxygen atoms in total. The van der Waals surface area contributed by atoms with Crippen molar-refractivity contribution in [1.82, 2.24) is 4.98 Å². The highest BCUT2D eigenvalue weighted by molar-refractivity contribution is 6.10. The Labute approximate surface area is 182 Å². The number of carbonyl (C=O) groups excluding carboxylic acids is 1. The third kappa shape index (κ3) is 3.13. The second-order valence-electron chi connectivity index (χ2n) is 7.59. The molecule has 160 valence electrons. The third-order valence-electron chi connectivity index (χ3n) is 5.46. The normalized spacial score (nSPS) is 15.3. The van der Waals surface area contributed by atoms with Crippen LogP contribution in [0.3, 0.4) is 0 Å². The first-order valence-corrected chi connectivity index (χ1v) is 10.2. The number of rotatable bonds is 4. The van der Waals surface area contributed by atoms with Gasteiger partial charge in [-0.2, -0.15) is 0 Å². The van der Waals surface area contributed by atoms with Crippen LogP contribution in [-0.4, -0.2) is 17.5 Å². The lowest BCUT2D eigenvalue weighted by atomic mass is 9.98. The molecular weight excluding hydrogens is 411 g/mol. The predicted octanol–water partition coefficient (Wildman–Crippen LogP) is 4.78. The van der Waals surface area contributed by atoms with Crippen LogP contribution in [0.25, 0.3) is 11.0 Å². The Kier molecular flexibility index (Phi) is 4.74. The number of aromatic nitrogens is 1. The highest BCUT2D eigenvalue weighted by atomic mass is 19.1. The molecule has 0 aliphatic carbocycles. The topological polar surface area (TPSA) is 72.6 Å². The van der Waals surface area contributed by atoms with Gasteiger partial charge in [0.2, 0.25) is 5.76 Å². The average Bonchev–Trinajstić information content (AvgIpc) is 3.07. The quantitative estimate of drug-likeness (QED) is 0.466. The van der Waals surface area contributed by atoms with E-state index in [9.17, 15) is 14.0 Å². The summed E-state index contributed by atoms with van der Waals surface area (Å²) in [5, 5.41) is 0.0848. The molecule has 0 bridgehead atoms. The van der Waals surface area contributed by atoms with Crippen molar-refractivity contribution in [2.75, 3.05) is 11.5 Å². The van der Waals surface area contributed by atoms with Crippen molar-refractivity contribution in [3.05, 3.63) is 99.3 Å². The molecule has 3 heterocycles. The molecule has 0 saturated carbocycles. The molecule has 0 spiro atoms.